The van der Waals surface area contributed by atoms with Crippen molar-refractivity contribution in [3.05, 3.63) is 17.7 Å². The summed E-state index contributed by atoms with van der Waals surface area (Å²) in [6.07, 6.45) is -4.06. The summed E-state index contributed by atoms with van der Waals surface area (Å²) in [5.74, 6) is -0.340. The van der Waals surface area contributed by atoms with Crippen LogP contribution >= 0.6 is 0 Å². The number of halogens is 3. The third kappa shape index (κ3) is 2.98. The molecule has 0 atom stereocenters. The maximum Gasteiger partial charge on any atom is 0.390 e. The fourth-order valence-corrected chi connectivity index (χ4v) is 1.26. The number of imidazole rings is 1. The molecule has 16 heavy (non-hydrogen) atoms. The van der Waals surface area contributed by atoms with Gasteiger partial charge in [0.05, 0.1) is 19.7 Å². The molecule has 0 bridgehead atoms. The molecule has 0 aliphatic rings. The third-order valence-corrected chi connectivity index (χ3v) is 2.07. The molecular weight excluding hydrogens is 225 g/mol. The molecule has 0 aliphatic heterocycles. The van der Waals surface area contributed by atoms with E-state index in [1.807, 2.05) is 0 Å². The minimum atomic E-state index is -4.26. The molecule has 0 aromatic carbocycles. The highest BCUT2D eigenvalue weighted by Crippen LogP contribution is 2.21. The molecule has 1 aromatic rings. The highest BCUT2D eigenvalue weighted by molar-refractivity contribution is 5.87. The van der Waals surface area contributed by atoms with E-state index in [1.54, 1.807) is 0 Å². The summed E-state index contributed by atoms with van der Waals surface area (Å²) in [6, 6.07) is 0. The van der Waals surface area contributed by atoms with Crippen LogP contribution in [0.2, 0.25) is 0 Å². The molecule has 0 saturated heterocycles. The van der Waals surface area contributed by atoms with E-state index in [-0.39, 0.29) is 12.2 Å². The second kappa shape index (κ2) is 4.54. The molecule has 1 rings (SSSR count). The second-order valence-electron chi connectivity index (χ2n) is 3.20. The third-order valence-electron chi connectivity index (χ3n) is 2.07. The van der Waals surface area contributed by atoms with Crippen molar-refractivity contribution in [3.8, 4) is 0 Å². The lowest BCUT2D eigenvalue weighted by Crippen LogP contribution is -2.17. The topological polar surface area (TPSA) is 44.1 Å². The first-order valence-electron chi connectivity index (χ1n) is 4.52. The summed E-state index contributed by atoms with van der Waals surface area (Å²) < 4.78 is 41.8. The standard InChI is InChI=1S/C9H11F3N2O2/c1-6-13-5-7(8(15)16-2)14(6)4-3-9(10,11)12/h5H,3-4H2,1-2H3. The number of alkyl halides is 3. The molecule has 0 aliphatic carbocycles. The first kappa shape index (κ1) is 12.5. The lowest BCUT2D eigenvalue weighted by Gasteiger charge is -2.10. The Hall–Kier alpha value is -1.53. The van der Waals surface area contributed by atoms with Crippen LogP contribution in [0.5, 0.6) is 0 Å². The Morgan fingerprint density at radius 2 is 2.19 bits per heavy atom. The van der Waals surface area contributed by atoms with Crippen molar-refractivity contribution in [1.29, 1.82) is 0 Å². The van der Waals surface area contributed by atoms with E-state index in [0.717, 1.165) is 0 Å². The van der Waals surface area contributed by atoms with Crippen molar-refractivity contribution in [2.24, 2.45) is 0 Å². The average Bonchev–Trinajstić information content (AvgIpc) is 2.54. The molecular formula is C9H11F3N2O2. The number of aromatic nitrogens is 2. The Bertz CT molecular complexity index is 385. The van der Waals surface area contributed by atoms with E-state index in [2.05, 4.69) is 9.72 Å². The van der Waals surface area contributed by atoms with E-state index in [1.165, 1.54) is 24.8 Å². The Morgan fingerprint density at radius 1 is 1.56 bits per heavy atom. The number of hydrogen-bond donors (Lipinski definition) is 0. The zero-order chi connectivity index (χ0) is 12.3. The zero-order valence-corrected chi connectivity index (χ0v) is 8.84. The van der Waals surface area contributed by atoms with Crippen LogP contribution in [0.4, 0.5) is 13.2 Å². The zero-order valence-electron chi connectivity index (χ0n) is 8.84. The van der Waals surface area contributed by atoms with E-state index >= 15 is 0 Å². The number of rotatable bonds is 3. The minimum absolute atomic E-state index is 0.0317. The van der Waals surface area contributed by atoms with Gasteiger partial charge in [-0.05, 0) is 6.92 Å². The van der Waals surface area contributed by atoms with E-state index < -0.39 is 18.6 Å². The van der Waals surface area contributed by atoms with Gasteiger partial charge in [-0.3, -0.25) is 0 Å². The summed E-state index contributed by atoms with van der Waals surface area (Å²) in [5, 5.41) is 0. The van der Waals surface area contributed by atoms with E-state index in [4.69, 9.17) is 0 Å². The Morgan fingerprint density at radius 3 is 2.69 bits per heavy atom. The largest absolute Gasteiger partial charge is 0.464 e. The normalized spacial score (nSPS) is 11.6. The fourth-order valence-electron chi connectivity index (χ4n) is 1.26. The highest BCUT2D eigenvalue weighted by Gasteiger charge is 2.28. The first-order chi connectivity index (χ1) is 7.35. The van der Waals surface area contributed by atoms with Crippen LogP contribution in [0, 0.1) is 6.92 Å². The smallest absolute Gasteiger partial charge is 0.390 e. The van der Waals surface area contributed by atoms with Gasteiger partial charge in [0.1, 0.15) is 11.5 Å². The quantitative estimate of drug-likeness (QED) is 0.753. The lowest BCUT2D eigenvalue weighted by molar-refractivity contribution is -0.136. The number of nitrogens with zero attached hydrogens (tertiary/aromatic N) is 2. The Balaban J connectivity index is 2.86. The molecule has 0 fully saturated rings. The monoisotopic (exact) mass is 236 g/mol. The van der Waals surface area contributed by atoms with Crippen LogP contribution < -0.4 is 0 Å². The van der Waals surface area contributed by atoms with Crippen molar-refractivity contribution >= 4 is 5.97 Å². The maximum atomic E-state index is 12.0. The van der Waals surface area contributed by atoms with Crippen LogP contribution in [-0.2, 0) is 11.3 Å². The molecule has 90 valence electrons. The Kier molecular flexibility index (Phi) is 3.56. The van der Waals surface area contributed by atoms with Crippen molar-refractivity contribution in [1.82, 2.24) is 9.55 Å². The molecule has 0 N–H and O–H groups in total. The number of carbonyl (C=O) groups excluding carboxylic acids is 1. The van der Waals surface area contributed by atoms with E-state index in [9.17, 15) is 18.0 Å². The number of aryl methyl sites for hydroxylation is 1. The molecule has 1 aromatic heterocycles. The minimum Gasteiger partial charge on any atom is -0.464 e. The molecule has 0 spiro atoms. The summed E-state index contributed by atoms with van der Waals surface area (Å²) in [5.41, 5.74) is 0.0317. The van der Waals surface area contributed by atoms with Gasteiger partial charge in [-0.1, -0.05) is 0 Å². The molecule has 0 radical (unpaired) electrons. The van der Waals surface area contributed by atoms with Crippen LogP contribution in [0.3, 0.4) is 0 Å². The van der Waals surface area contributed by atoms with Crippen molar-refractivity contribution in [2.75, 3.05) is 7.11 Å². The number of ether oxygens (including phenoxy) is 1. The van der Waals surface area contributed by atoms with Crippen molar-refractivity contribution < 1.29 is 22.7 Å². The number of carbonyl (C=O) groups is 1. The second-order valence-corrected chi connectivity index (χ2v) is 3.20. The molecule has 0 saturated carbocycles. The van der Waals surface area contributed by atoms with Gasteiger partial charge in [-0.15, -0.1) is 0 Å². The Labute approximate surface area is 90.0 Å². The summed E-state index contributed by atoms with van der Waals surface area (Å²) in [4.78, 5) is 15.0. The number of esters is 1. The maximum absolute atomic E-state index is 12.0. The van der Waals surface area contributed by atoms with Gasteiger partial charge in [0, 0.05) is 6.54 Å². The van der Waals surface area contributed by atoms with Crippen molar-refractivity contribution in [2.45, 2.75) is 26.1 Å². The van der Waals surface area contributed by atoms with Crippen LogP contribution in [0.25, 0.3) is 0 Å². The predicted molar refractivity (Wildman–Crippen MR) is 49.0 cm³/mol. The van der Waals surface area contributed by atoms with Crippen molar-refractivity contribution in [3.63, 3.8) is 0 Å². The van der Waals surface area contributed by atoms with Gasteiger partial charge >= 0.3 is 12.1 Å². The van der Waals surface area contributed by atoms with Gasteiger partial charge in [0.25, 0.3) is 0 Å². The van der Waals surface area contributed by atoms with Crippen LogP contribution in [-0.4, -0.2) is 28.8 Å². The lowest BCUT2D eigenvalue weighted by atomic mass is 10.3. The SMILES string of the molecule is COC(=O)c1cnc(C)n1CCC(F)(F)F. The average molecular weight is 236 g/mol. The predicted octanol–water partition coefficient (Wildman–Crippen LogP) is 1.93. The van der Waals surface area contributed by atoms with Crippen LogP contribution in [0.1, 0.15) is 22.7 Å². The van der Waals surface area contributed by atoms with Crippen LogP contribution in [0.15, 0.2) is 6.20 Å². The van der Waals surface area contributed by atoms with Gasteiger partial charge in [0.2, 0.25) is 0 Å². The van der Waals surface area contributed by atoms with Gasteiger partial charge in [0.15, 0.2) is 0 Å². The van der Waals surface area contributed by atoms with Gasteiger partial charge < -0.3 is 9.30 Å². The molecule has 1 heterocycles. The number of methoxy groups -OCH3 is 1. The van der Waals surface area contributed by atoms with Gasteiger partial charge in [-0.25, -0.2) is 9.78 Å². The first-order valence-corrected chi connectivity index (χ1v) is 4.52. The fraction of sp³-hybridized carbons (Fsp3) is 0.556. The molecule has 0 unspecified atom stereocenters. The molecule has 7 heteroatoms. The molecule has 0 amide bonds. The van der Waals surface area contributed by atoms with E-state index in [0.29, 0.717) is 5.82 Å². The number of hydrogen-bond acceptors (Lipinski definition) is 3. The summed E-state index contributed by atoms with van der Waals surface area (Å²) >= 11 is 0. The highest BCUT2D eigenvalue weighted by atomic mass is 19.4. The summed E-state index contributed by atoms with van der Waals surface area (Å²) in [6.45, 7) is 1.20. The van der Waals surface area contributed by atoms with Gasteiger partial charge in [-0.2, -0.15) is 13.2 Å². The summed E-state index contributed by atoms with van der Waals surface area (Å²) in [7, 11) is 1.17. The molecule has 4 nitrogen and oxygen atoms in total.